The van der Waals surface area contributed by atoms with Crippen molar-refractivity contribution in [3.8, 4) is 6.07 Å². The van der Waals surface area contributed by atoms with Gasteiger partial charge >= 0.3 is 5.97 Å². The molecule has 0 radical (unpaired) electrons. The van der Waals surface area contributed by atoms with E-state index >= 15 is 0 Å². The van der Waals surface area contributed by atoms with Crippen molar-refractivity contribution in [3.05, 3.63) is 0 Å². The van der Waals surface area contributed by atoms with Crippen molar-refractivity contribution < 1.29 is 18.7 Å². The third-order valence-corrected chi connectivity index (χ3v) is 2.10. The van der Waals surface area contributed by atoms with Crippen LogP contribution in [0.15, 0.2) is 0 Å². The van der Waals surface area contributed by atoms with E-state index < -0.39 is 17.6 Å². The third-order valence-electron chi connectivity index (χ3n) is 2.10. The molecule has 0 aromatic rings. The van der Waals surface area contributed by atoms with E-state index in [1.54, 1.807) is 6.07 Å². The Hall–Kier alpha value is -1.15. The van der Waals surface area contributed by atoms with E-state index in [0.29, 0.717) is 6.61 Å². The largest absolute Gasteiger partial charge is 0.462 e. The molecule has 2 atom stereocenters. The van der Waals surface area contributed by atoms with Crippen LogP contribution < -0.4 is 0 Å². The summed E-state index contributed by atoms with van der Waals surface area (Å²) in [5, 5.41) is 8.58. The summed E-state index contributed by atoms with van der Waals surface area (Å²) in [6.45, 7) is 2.70. The van der Waals surface area contributed by atoms with Crippen molar-refractivity contribution in [1.82, 2.24) is 0 Å². The minimum absolute atomic E-state index is 0.0447. The third kappa shape index (κ3) is 2.02. The van der Waals surface area contributed by atoms with Gasteiger partial charge in [-0.25, -0.2) is 4.39 Å². The Bertz CT molecular complexity index is 263. The highest BCUT2D eigenvalue weighted by molar-refractivity contribution is 5.84. The molecule has 0 N–H and O–H groups in total. The number of rotatable bonds is 5. The number of hydrogen-bond acceptors (Lipinski definition) is 4. The molecule has 0 bridgehead atoms. The van der Waals surface area contributed by atoms with Gasteiger partial charge in [0.1, 0.15) is 12.8 Å². The molecule has 0 amide bonds. The SMILES string of the molecule is CCOCCOC(=O)[C@]1(C#N)C[C@H]1F. The molecule has 0 aromatic carbocycles. The first kappa shape index (κ1) is 10.9. The number of carbonyl (C=O) groups excluding carboxylic acids is 1. The Labute approximate surface area is 81.6 Å². The van der Waals surface area contributed by atoms with Gasteiger partial charge in [0.05, 0.1) is 12.7 Å². The van der Waals surface area contributed by atoms with Gasteiger partial charge in [-0.05, 0) is 6.92 Å². The molecule has 1 aliphatic rings. The zero-order chi connectivity index (χ0) is 10.6. The average Bonchev–Trinajstić information content (AvgIpc) is 2.85. The van der Waals surface area contributed by atoms with Gasteiger partial charge in [-0.1, -0.05) is 0 Å². The second-order valence-electron chi connectivity index (χ2n) is 3.09. The summed E-state index contributed by atoms with van der Waals surface area (Å²) in [5.41, 5.74) is -1.52. The Morgan fingerprint density at radius 3 is 2.79 bits per heavy atom. The summed E-state index contributed by atoms with van der Waals surface area (Å²) >= 11 is 0. The monoisotopic (exact) mass is 201 g/mol. The number of carbonyl (C=O) groups is 1. The highest BCUT2D eigenvalue weighted by Gasteiger charge is 2.64. The van der Waals surface area contributed by atoms with Crippen LogP contribution in [0.4, 0.5) is 4.39 Å². The van der Waals surface area contributed by atoms with Crippen LogP contribution in [0, 0.1) is 16.7 Å². The van der Waals surface area contributed by atoms with Crippen LogP contribution in [0.3, 0.4) is 0 Å². The Kier molecular flexibility index (Phi) is 3.42. The first-order valence-electron chi connectivity index (χ1n) is 4.47. The second kappa shape index (κ2) is 4.38. The second-order valence-corrected chi connectivity index (χ2v) is 3.09. The summed E-state index contributed by atoms with van der Waals surface area (Å²) < 4.78 is 22.3. The molecule has 0 aromatic heterocycles. The smallest absolute Gasteiger partial charge is 0.329 e. The van der Waals surface area contributed by atoms with Crippen LogP contribution >= 0.6 is 0 Å². The van der Waals surface area contributed by atoms with Gasteiger partial charge in [-0.15, -0.1) is 0 Å². The lowest BCUT2D eigenvalue weighted by atomic mass is 10.1. The van der Waals surface area contributed by atoms with Gasteiger partial charge in [0.25, 0.3) is 0 Å². The average molecular weight is 201 g/mol. The molecule has 1 fully saturated rings. The van der Waals surface area contributed by atoms with Crippen LogP contribution in [0.5, 0.6) is 0 Å². The molecule has 1 saturated carbocycles. The standard InChI is InChI=1S/C9H12FNO3/c1-2-13-3-4-14-8(12)9(6-11)5-7(9)10/h7H,2-5H2,1H3/t7-,9+/m1/s1. The molecule has 0 unspecified atom stereocenters. The van der Waals surface area contributed by atoms with Gasteiger partial charge in [0.15, 0.2) is 5.41 Å². The molecule has 14 heavy (non-hydrogen) atoms. The predicted octanol–water partition coefficient (Wildman–Crippen LogP) is 0.818. The van der Waals surface area contributed by atoms with Crippen molar-refractivity contribution >= 4 is 5.97 Å². The van der Waals surface area contributed by atoms with Crippen molar-refractivity contribution in [2.75, 3.05) is 19.8 Å². The van der Waals surface area contributed by atoms with Crippen LogP contribution in [0.25, 0.3) is 0 Å². The van der Waals surface area contributed by atoms with Crippen LogP contribution in [-0.2, 0) is 14.3 Å². The van der Waals surface area contributed by atoms with Gasteiger partial charge in [0.2, 0.25) is 0 Å². The molecule has 78 valence electrons. The van der Waals surface area contributed by atoms with Gasteiger partial charge < -0.3 is 9.47 Å². The number of alkyl halides is 1. The fourth-order valence-corrected chi connectivity index (χ4v) is 1.06. The fraction of sp³-hybridized carbons (Fsp3) is 0.778. The lowest BCUT2D eigenvalue weighted by Gasteiger charge is -2.07. The van der Waals surface area contributed by atoms with Crippen LogP contribution in [0.1, 0.15) is 13.3 Å². The Balaban J connectivity index is 2.26. The Morgan fingerprint density at radius 1 is 1.71 bits per heavy atom. The van der Waals surface area contributed by atoms with Crippen molar-refractivity contribution in [2.45, 2.75) is 19.5 Å². The molecule has 0 aliphatic heterocycles. The maximum Gasteiger partial charge on any atom is 0.329 e. The number of halogens is 1. The maximum atomic E-state index is 12.7. The summed E-state index contributed by atoms with van der Waals surface area (Å²) in [7, 11) is 0. The first-order valence-corrected chi connectivity index (χ1v) is 4.47. The van der Waals surface area contributed by atoms with Crippen molar-refractivity contribution in [3.63, 3.8) is 0 Å². The minimum Gasteiger partial charge on any atom is -0.462 e. The van der Waals surface area contributed by atoms with E-state index in [0.717, 1.165) is 0 Å². The maximum absolute atomic E-state index is 12.7. The van der Waals surface area contributed by atoms with E-state index in [4.69, 9.17) is 14.7 Å². The minimum atomic E-state index is -1.52. The Morgan fingerprint density at radius 2 is 2.36 bits per heavy atom. The van der Waals surface area contributed by atoms with Crippen LogP contribution in [0.2, 0.25) is 0 Å². The zero-order valence-corrected chi connectivity index (χ0v) is 7.96. The number of hydrogen-bond donors (Lipinski definition) is 0. The lowest BCUT2D eigenvalue weighted by molar-refractivity contribution is -0.150. The molecular formula is C9H12FNO3. The number of nitriles is 1. The quantitative estimate of drug-likeness (QED) is 0.488. The highest BCUT2D eigenvalue weighted by atomic mass is 19.1. The summed E-state index contributed by atoms with van der Waals surface area (Å²) in [6, 6.07) is 1.65. The normalized spacial score (nSPS) is 29.4. The molecule has 5 heteroatoms. The molecule has 0 saturated heterocycles. The lowest BCUT2D eigenvalue weighted by Crippen LogP contribution is -2.22. The van der Waals surface area contributed by atoms with E-state index in [1.165, 1.54) is 0 Å². The van der Waals surface area contributed by atoms with E-state index in [2.05, 4.69) is 0 Å². The molecule has 1 aliphatic carbocycles. The van der Waals surface area contributed by atoms with Crippen molar-refractivity contribution in [1.29, 1.82) is 5.26 Å². The highest BCUT2D eigenvalue weighted by Crippen LogP contribution is 2.48. The topological polar surface area (TPSA) is 59.3 Å². The summed E-state index contributed by atoms with van der Waals surface area (Å²) in [5.74, 6) is -0.771. The van der Waals surface area contributed by atoms with Gasteiger partial charge in [-0.3, -0.25) is 4.79 Å². The molecule has 0 spiro atoms. The molecule has 0 heterocycles. The van der Waals surface area contributed by atoms with E-state index in [9.17, 15) is 9.18 Å². The summed E-state index contributed by atoms with van der Waals surface area (Å²) in [4.78, 5) is 11.2. The molecule has 4 nitrogen and oxygen atoms in total. The first-order chi connectivity index (χ1) is 6.67. The summed E-state index contributed by atoms with van der Waals surface area (Å²) in [6.07, 6.45) is -1.41. The van der Waals surface area contributed by atoms with Crippen LogP contribution in [-0.4, -0.2) is 32.0 Å². The molecular weight excluding hydrogens is 189 g/mol. The number of nitrogens with zero attached hydrogens (tertiary/aromatic N) is 1. The fourth-order valence-electron chi connectivity index (χ4n) is 1.06. The zero-order valence-electron chi connectivity index (χ0n) is 7.96. The van der Waals surface area contributed by atoms with E-state index in [1.807, 2.05) is 6.92 Å². The van der Waals surface area contributed by atoms with Gasteiger partial charge in [0, 0.05) is 13.0 Å². The molecule has 1 rings (SSSR count). The van der Waals surface area contributed by atoms with E-state index in [-0.39, 0.29) is 19.6 Å². The van der Waals surface area contributed by atoms with Gasteiger partial charge in [-0.2, -0.15) is 5.26 Å². The van der Waals surface area contributed by atoms with Crippen molar-refractivity contribution in [2.24, 2.45) is 5.41 Å². The number of esters is 1. The predicted molar refractivity (Wildman–Crippen MR) is 45.0 cm³/mol. The number of ether oxygens (including phenoxy) is 2.